The molecule has 0 amide bonds. The van der Waals surface area contributed by atoms with E-state index in [2.05, 4.69) is 27.7 Å². The van der Waals surface area contributed by atoms with E-state index in [0.29, 0.717) is 0 Å². The Bertz CT molecular complexity index is 798. The van der Waals surface area contributed by atoms with Gasteiger partial charge in [-0.05, 0) is 173 Å². The summed E-state index contributed by atoms with van der Waals surface area (Å²) in [5.41, 5.74) is 1.66. The normalized spacial score (nSPS) is 49.0. The highest BCUT2D eigenvalue weighted by Gasteiger charge is 2.46. The lowest BCUT2D eigenvalue weighted by atomic mass is 9.63. The van der Waals surface area contributed by atoms with Crippen molar-refractivity contribution in [2.75, 3.05) is 0 Å². The van der Waals surface area contributed by atoms with Gasteiger partial charge in [0.05, 0.1) is 0 Å². The number of fused-ring (bicyclic) bond motifs is 1. The van der Waals surface area contributed by atoms with Crippen LogP contribution >= 0.6 is 0 Å². The molecule has 0 aromatic rings. The molecule has 0 aliphatic heterocycles. The molecular weight excluding hydrogens is 480 g/mol. The largest absolute Gasteiger partial charge is 0.0996 e. The molecule has 0 aromatic heterocycles. The smallest absolute Gasteiger partial charge is 0.0154 e. The van der Waals surface area contributed by atoms with E-state index in [9.17, 15) is 0 Å². The molecule has 228 valence electrons. The van der Waals surface area contributed by atoms with E-state index in [4.69, 9.17) is 6.58 Å². The molecule has 0 heterocycles. The average Bonchev–Trinajstić information content (AvgIpc) is 3.59. The van der Waals surface area contributed by atoms with Crippen LogP contribution in [0, 0.1) is 82.9 Å². The van der Waals surface area contributed by atoms with Crippen molar-refractivity contribution >= 4 is 0 Å². The third-order valence-electron chi connectivity index (χ3n) is 15.3. The second-order valence-corrected chi connectivity index (χ2v) is 17.5. The fourth-order valence-electron chi connectivity index (χ4n) is 12.8. The van der Waals surface area contributed by atoms with Crippen LogP contribution in [-0.4, -0.2) is 0 Å². The lowest BCUT2D eigenvalue weighted by molar-refractivity contribution is 0.0825. The molecule has 9 atom stereocenters. The second-order valence-electron chi connectivity index (χ2n) is 17.5. The zero-order valence-electron chi connectivity index (χ0n) is 27.4. The SMILES string of the molecule is C=C(CC1CCCC1C1CC2CCC(C(C)C3CCC(C4CCC(C)CC4)CC3)CC2C1)C1C(C)CCCC1C. The van der Waals surface area contributed by atoms with E-state index < -0.39 is 0 Å². The lowest BCUT2D eigenvalue weighted by Crippen LogP contribution is -2.32. The van der Waals surface area contributed by atoms with E-state index in [-0.39, 0.29) is 0 Å². The number of hydrogen-bond donors (Lipinski definition) is 0. The Hall–Kier alpha value is -0.260. The molecule has 9 unspecified atom stereocenters. The second kappa shape index (κ2) is 13.2. The molecule has 6 saturated carbocycles. The number of rotatable bonds is 7. The van der Waals surface area contributed by atoms with Crippen LogP contribution in [0.4, 0.5) is 0 Å². The van der Waals surface area contributed by atoms with Crippen molar-refractivity contribution in [1.82, 2.24) is 0 Å². The first-order valence-corrected chi connectivity index (χ1v) is 19.0. The maximum absolute atomic E-state index is 4.78. The Morgan fingerprint density at radius 3 is 1.85 bits per heavy atom. The third kappa shape index (κ3) is 6.47. The van der Waals surface area contributed by atoms with Gasteiger partial charge in [0, 0.05) is 0 Å². The molecule has 0 radical (unpaired) electrons. The molecule has 0 spiro atoms. The van der Waals surface area contributed by atoms with Gasteiger partial charge in [-0.25, -0.2) is 0 Å². The van der Waals surface area contributed by atoms with Crippen molar-refractivity contribution in [3.05, 3.63) is 12.2 Å². The van der Waals surface area contributed by atoms with Gasteiger partial charge in [0.15, 0.2) is 0 Å². The molecule has 0 bridgehead atoms. The van der Waals surface area contributed by atoms with Crippen molar-refractivity contribution in [3.8, 4) is 0 Å². The third-order valence-corrected chi connectivity index (χ3v) is 15.3. The van der Waals surface area contributed by atoms with Crippen LogP contribution in [0.15, 0.2) is 12.2 Å². The van der Waals surface area contributed by atoms with E-state index in [0.717, 1.165) is 82.9 Å². The highest BCUT2D eigenvalue weighted by atomic mass is 14.5. The Balaban J connectivity index is 0.982. The lowest BCUT2D eigenvalue weighted by Gasteiger charge is -2.42. The van der Waals surface area contributed by atoms with Crippen molar-refractivity contribution in [1.29, 1.82) is 0 Å². The summed E-state index contributed by atoms with van der Waals surface area (Å²) in [6.07, 6.45) is 30.6. The van der Waals surface area contributed by atoms with Crippen LogP contribution in [0.2, 0.25) is 0 Å². The summed E-state index contributed by atoms with van der Waals surface area (Å²) in [6.45, 7) is 15.0. The fourth-order valence-corrected chi connectivity index (χ4v) is 12.8. The van der Waals surface area contributed by atoms with Gasteiger partial charge in [-0.2, -0.15) is 0 Å². The van der Waals surface area contributed by atoms with Gasteiger partial charge in [-0.15, -0.1) is 0 Å². The van der Waals surface area contributed by atoms with E-state index in [1.54, 1.807) is 82.6 Å². The molecule has 0 nitrogen and oxygen atoms in total. The molecule has 6 aliphatic carbocycles. The summed E-state index contributed by atoms with van der Waals surface area (Å²) in [5.74, 6) is 14.0. The first-order chi connectivity index (χ1) is 19.4. The van der Waals surface area contributed by atoms with Crippen LogP contribution in [0.3, 0.4) is 0 Å². The summed E-state index contributed by atoms with van der Waals surface area (Å²) < 4.78 is 0. The molecule has 0 heteroatoms. The fraction of sp³-hybridized carbons (Fsp3) is 0.950. The van der Waals surface area contributed by atoms with Crippen molar-refractivity contribution in [2.24, 2.45) is 82.9 Å². The van der Waals surface area contributed by atoms with E-state index >= 15 is 0 Å². The summed E-state index contributed by atoms with van der Waals surface area (Å²) in [6, 6.07) is 0. The summed E-state index contributed by atoms with van der Waals surface area (Å²) >= 11 is 0. The molecule has 6 fully saturated rings. The number of allylic oxidation sites excluding steroid dienone is 1. The van der Waals surface area contributed by atoms with Gasteiger partial charge in [0.25, 0.3) is 0 Å². The van der Waals surface area contributed by atoms with Gasteiger partial charge in [0.2, 0.25) is 0 Å². The van der Waals surface area contributed by atoms with Crippen molar-refractivity contribution < 1.29 is 0 Å². The molecule has 0 N–H and O–H groups in total. The van der Waals surface area contributed by atoms with Gasteiger partial charge in [-0.3, -0.25) is 0 Å². The van der Waals surface area contributed by atoms with Crippen molar-refractivity contribution in [2.45, 2.75) is 156 Å². The minimum absolute atomic E-state index is 0.810. The van der Waals surface area contributed by atoms with Crippen LogP contribution < -0.4 is 0 Å². The van der Waals surface area contributed by atoms with Crippen LogP contribution in [0.1, 0.15) is 156 Å². The summed E-state index contributed by atoms with van der Waals surface area (Å²) in [4.78, 5) is 0. The standard InChI is InChI=1S/C40H68/c1-26-12-14-32(15-13-26)33-18-16-31(17-19-33)30(5)34-20-21-35-24-38(25-37(35)23-34)39-11-7-10-36(39)22-29(4)40-27(2)8-6-9-28(40)3/h26-28,30-40H,4,6-25H2,1-3,5H3. The first kappa shape index (κ1) is 29.8. The predicted octanol–water partition coefficient (Wildman–Crippen LogP) is 12.1. The van der Waals surface area contributed by atoms with Crippen LogP contribution in [0.5, 0.6) is 0 Å². The van der Waals surface area contributed by atoms with E-state index in [1.165, 1.54) is 51.4 Å². The number of hydrogen-bond acceptors (Lipinski definition) is 0. The highest BCUT2D eigenvalue weighted by Crippen LogP contribution is 2.56. The molecule has 0 aromatic carbocycles. The maximum Gasteiger partial charge on any atom is -0.0154 e. The predicted molar refractivity (Wildman–Crippen MR) is 173 cm³/mol. The molecular formula is C40H68. The Morgan fingerprint density at radius 1 is 0.575 bits per heavy atom. The van der Waals surface area contributed by atoms with Crippen LogP contribution in [0.25, 0.3) is 0 Å². The van der Waals surface area contributed by atoms with Gasteiger partial charge in [-0.1, -0.05) is 78.4 Å². The maximum atomic E-state index is 4.78. The Kier molecular flexibility index (Phi) is 9.81. The molecule has 40 heavy (non-hydrogen) atoms. The Labute approximate surface area is 250 Å². The molecule has 6 aliphatic rings. The molecule has 6 rings (SSSR count). The quantitative estimate of drug-likeness (QED) is 0.277. The minimum atomic E-state index is 0.810. The van der Waals surface area contributed by atoms with Crippen LogP contribution in [-0.2, 0) is 0 Å². The minimum Gasteiger partial charge on any atom is -0.0996 e. The van der Waals surface area contributed by atoms with E-state index in [1.807, 2.05) is 0 Å². The zero-order valence-corrected chi connectivity index (χ0v) is 27.4. The molecule has 0 saturated heterocycles. The highest BCUT2D eigenvalue weighted by molar-refractivity contribution is 5.08. The Morgan fingerprint density at radius 2 is 1.15 bits per heavy atom. The summed E-state index contributed by atoms with van der Waals surface area (Å²) in [7, 11) is 0. The topological polar surface area (TPSA) is 0 Å². The monoisotopic (exact) mass is 549 g/mol. The van der Waals surface area contributed by atoms with Gasteiger partial charge >= 0.3 is 0 Å². The summed E-state index contributed by atoms with van der Waals surface area (Å²) in [5, 5.41) is 0. The zero-order chi connectivity index (χ0) is 27.8. The average molecular weight is 549 g/mol. The van der Waals surface area contributed by atoms with Gasteiger partial charge < -0.3 is 0 Å². The first-order valence-electron chi connectivity index (χ1n) is 19.0. The van der Waals surface area contributed by atoms with Gasteiger partial charge in [0.1, 0.15) is 0 Å². The van der Waals surface area contributed by atoms with Crippen molar-refractivity contribution in [3.63, 3.8) is 0 Å².